The van der Waals surface area contributed by atoms with Gasteiger partial charge in [-0.3, -0.25) is 4.79 Å². The van der Waals surface area contributed by atoms with Gasteiger partial charge in [0.05, 0.1) is 5.92 Å². The Hall–Kier alpha value is -1.30. The number of carbonyl (C=O) groups is 1. The van der Waals surface area contributed by atoms with Gasteiger partial charge in [-0.2, -0.15) is 5.26 Å². The number of hydrogen-bond acceptors (Lipinski definition) is 3. The molecule has 0 aromatic carbocycles. The van der Waals surface area contributed by atoms with E-state index in [1.165, 1.54) is 0 Å². The highest BCUT2D eigenvalue weighted by molar-refractivity contribution is 5.83. The van der Waals surface area contributed by atoms with Gasteiger partial charge in [-0.1, -0.05) is 0 Å². The van der Waals surface area contributed by atoms with Crippen molar-refractivity contribution in [3.63, 3.8) is 0 Å². The molecule has 11 heavy (non-hydrogen) atoms. The molecular weight excluding hydrogens is 142 g/mol. The van der Waals surface area contributed by atoms with E-state index in [4.69, 9.17) is 10.00 Å². The molecule has 0 unspecified atom stereocenters. The first-order valence-corrected chi connectivity index (χ1v) is 3.53. The van der Waals surface area contributed by atoms with Crippen LogP contribution >= 0.6 is 0 Å². The number of Topliss-reactive ketones (excluding diaryl/α,β-unsaturated/α-hetero) is 1. The Kier molecular flexibility index (Phi) is 1.08. The molecule has 1 aliphatic heterocycles. The van der Waals surface area contributed by atoms with Crippen molar-refractivity contribution in [1.82, 2.24) is 0 Å². The maximum atomic E-state index is 10.8. The van der Waals surface area contributed by atoms with Crippen LogP contribution < -0.4 is 0 Å². The molecule has 0 radical (unpaired) electrons. The lowest BCUT2D eigenvalue weighted by Gasteiger charge is -1.97. The maximum absolute atomic E-state index is 10.8. The largest absolute Gasteiger partial charge is 0.479 e. The summed E-state index contributed by atoms with van der Waals surface area (Å²) in [5.41, 5.74) is 0. The van der Waals surface area contributed by atoms with E-state index in [0.29, 0.717) is 5.76 Å². The van der Waals surface area contributed by atoms with Crippen molar-refractivity contribution in [3.8, 4) is 6.07 Å². The number of nitrogens with zero attached hydrogens (tertiary/aromatic N) is 1. The van der Waals surface area contributed by atoms with E-state index in [2.05, 4.69) is 0 Å². The zero-order valence-corrected chi connectivity index (χ0v) is 6.07. The first-order valence-electron chi connectivity index (χ1n) is 3.53. The van der Waals surface area contributed by atoms with Crippen molar-refractivity contribution >= 4 is 5.78 Å². The number of ether oxygens (including phenoxy) is 1. The van der Waals surface area contributed by atoms with Crippen molar-refractivity contribution in [1.29, 1.82) is 5.26 Å². The standard InChI is InChI=1S/C8H7NO2/c1-4(10)7-6-2-5(3-9)11-8(6)7/h2,6-8H,1H3/t6-,7-,8-/m0/s1. The zero-order chi connectivity index (χ0) is 8.01. The lowest BCUT2D eigenvalue weighted by molar-refractivity contribution is -0.119. The second-order valence-corrected chi connectivity index (χ2v) is 2.94. The maximum Gasteiger partial charge on any atom is 0.193 e. The predicted molar refractivity (Wildman–Crippen MR) is 36.2 cm³/mol. The molecule has 1 saturated carbocycles. The molecule has 1 aliphatic carbocycles. The number of rotatable bonds is 1. The van der Waals surface area contributed by atoms with Crippen LogP contribution in [0.15, 0.2) is 11.8 Å². The molecule has 0 spiro atoms. The van der Waals surface area contributed by atoms with Crippen molar-refractivity contribution in [2.24, 2.45) is 11.8 Å². The third-order valence-electron chi connectivity index (χ3n) is 2.19. The fourth-order valence-electron chi connectivity index (χ4n) is 1.58. The number of fused-ring (bicyclic) bond motifs is 1. The Labute approximate surface area is 64.3 Å². The minimum absolute atomic E-state index is 0.0119. The topological polar surface area (TPSA) is 50.1 Å². The molecule has 0 aromatic rings. The smallest absolute Gasteiger partial charge is 0.193 e. The molecule has 2 aliphatic rings. The van der Waals surface area contributed by atoms with Crippen molar-refractivity contribution in [2.75, 3.05) is 0 Å². The Morgan fingerprint density at radius 3 is 2.91 bits per heavy atom. The second kappa shape index (κ2) is 1.85. The number of nitriles is 1. The van der Waals surface area contributed by atoms with Crippen LogP contribution in [0.1, 0.15) is 6.92 Å². The van der Waals surface area contributed by atoms with Crippen molar-refractivity contribution in [3.05, 3.63) is 11.8 Å². The fraction of sp³-hybridized carbons (Fsp3) is 0.500. The number of allylic oxidation sites excluding steroid dienone is 1. The second-order valence-electron chi connectivity index (χ2n) is 2.94. The van der Waals surface area contributed by atoms with E-state index in [1.54, 1.807) is 13.0 Å². The summed E-state index contributed by atoms with van der Waals surface area (Å²) in [7, 11) is 0. The van der Waals surface area contributed by atoms with Crippen LogP contribution in [0.5, 0.6) is 0 Å². The van der Waals surface area contributed by atoms with Crippen LogP contribution in [-0.4, -0.2) is 11.9 Å². The summed E-state index contributed by atoms with van der Waals surface area (Å²) in [4.78, 5) is 10.8. The molecule has 0 bridgehead atoms. The molecule has 3 heteroatoms. The summed E-state index contributed by atoms with van der Waals surface area (Å²) < 4.78 is 5.14. The van der Waals surface area contributed by atoms with E-state index in [0.717, 1.165) is 0 Å². The highest BCUT2D eigenvalue weighted by atomic mass is 16.5. The lowest BCUT2D eigenvalue weighted by Crippen LogP contribution is -2.02. The quantitative estimate of drug-likeness (QED) is 0.549. The van der Waals surface area contributed by atoms with Crippen LogP contribution in [0.2, 0.25) is 0 Å². The minimum atomic E-state index is -0.0119. The molecule has 1 heterocycles. The van der Waals surface area contributed by atoms with Crippen LogP contribution in [0, 0.1) is 23.2 Å². The summed E-state index contributed by atoms with van der Waals surface area (Å²) in [6, 6.07) is 1.91. The Bertz CT molecular complexity index is 287. The third-order valence-corrected chi connectivity index (χ3v) is 2.19. The SMILES string of the molecule is CC(=O)[C@H]1[C@@H]2C=C(C#N)O[C@@H]21. The van der Waals surface area contributed by atoms with Gasteiger partial charge in [0.2, 0.25) is 0 Å². The van der Waals surface area contributed by atoms with Gasteiger partial charge >= 0.3 is 0 Å². The van der Waals surface area contributed by atoms with Gasteiger partial charge in [-0.25, -0.2) is 0 Å². The van der Waals surface area contributed by atoms with Crippen molar-refractivity contribution < 1.29 is 9.53 Å². The molecule has 2 rings (SSSR count). The van der Waals surface area contributed by atoms with Crippen LogP contribution in [0.25, 0.3) is 0 Å². The normalized spacial score (nSPS) is 38.2. The van der Waals surface area contributed by atoms with Gasteiger partial charge in [0.1, 0.15) is 18.0 Å². The minimum Gasteiger partial charge on any atom is -0.479 e. The lowest BCUT2D eigenvalue weighted by atomic mass is 10.2. The zero-order valence-electron chi connectivity index (χ0n) is 6.07. The van der Waals surface area contributed by atoms with Gasteiger partial charge in [0.25, 0.3) is 0 Å². The third kappa shape index (κ3) is 0.758. The van der Waals surface area contributed by atoms with Crippen LogP contribution in [0.3, 0.4) is 0 Å². The average molecular weight is 149 g/mol. The van der Waals surface area contributed by atoms with Gasteiger partial charge in [0, 0.05) is 5.92 Å². The van der Waals surface area contributed by atoms with E-state index in [-0.39, 0.29) is 23.7 Å². The molecule has 0 aromatic heterocycles. The van der Waals surface area contributed by atoms with Crippen LogP contribution in [0.4, 0.5) is 0 Å². The highest BCUT2D eigenvalue weighted by Crippen LogP contribution is 2.49. The van der Waals surface area contributed by atoms with Gasteiger partial charge in [0.15, 0.2) is 5.76 Å². The van der Waals surface area contributed by atoms with E-state index in [1.807, 2.05) is 6.07 Å². The van der Waals surface area contributed by atoms with Crippen molar-refractivity contribution in [2.45, 2.75) is 13.0 Å². The molecule has 0 amide bonds. The molecule has 3 nitrogen and oxygen atoms in total. The summed E-state index contributed by atoms with van der Waals surface area (Å²) in [6.07, 6.45) is 1.73. The summed E-state index contributed by atoms with van der Waals surface area (Å²) in [6.45, 7) is 1.56. The molecule has 0 N–H and O–H groups in total. The van der Waals surface area contributed by atoms with Gasteiger partial charge < -0.3 is 4.74 Å². The molecular formula is C8H7NO2. The summed E-state index contributed by atoms with van der Waals surface area (Å²) >= 11 is 0. The Morgan fingerprint density at radius 1 is 1.82 bits per heavy atom. The number of hydrogen-bond donors (Lipinski definition) is 0. The monoisotopic (exact) mass is 149 g/mol. The average Bonchev–Trinajstić information content (AvgIpc) is 2.48. The van der Waals surface area contributed by atoms with Crippen LogP contribution in [-0.2, 0) is 9.53 Å². The fourth-order valence-corrected chi connectivity index (χ4v) is 1.58. The molecule has 0 saturated heterocycles. The molecule has 3 atom stereocenters. The van der Waals surface area contributed by atoms with Gasteiger partial charge in [-0.05, 0) is 13.0 Å². The highest BCUT2D eigenvalue weighted by Gasteiger charge is 2.58. The first-order chi connectivity index (χ1) is 5.24. The molecule has 1 fully saturated rings. The van der Waals surface area contributed by atoms with E-state index >= 15 is 0 Å². The van der Waals surface area contributed by atoms with Gasteiger partial charge in [-0.15, -0.1) is 0 Å². The first kappa shape index (κ1) is 6.41. The summed E-state index contributed by atoms with van der Waals surface area (Å²) in [5, 5.41) is 8.40. The Morgan fingerprint density at radius 2 is 2.55 bits per heavy atom. The molecule has 56 valence electrons. The number of carbonyl (C=O) groups excluding carboxylic acids is 1. The number of ketones is 1. The van der Waals surface area contributed by atoms with E-state index < -0.39 is 0 Å². The Balaban J connectivity index is 2.10. The summed E-state index contributed by atoms with van der Waals surface area (Å²) in [5.74, 6) is 0.764. The van der Waals surface area contributed by atoms with E-state index in [9.17, 15) is 4.79 Å². The predicted octanol–water partition coefficient (Wildman–Crippen LogP) is 0.628.